The van der Waals surface area contributed by atoms with Crippen LogP contribution in [0.15, 0.2) is 36.4 Å². The van der Waals surface area contributed by atoms with E-state index in [1.807, 2.05) is 6.07 Å². The first-order valence-electron chi connectivity index (χ1n) is 12.8. The van der Waals surface area contributed by atoms with Crippen molar-refractivity contribution in [1.82, 2.24) is 9.80 Å². The quantitative estimate of drug-likeness (QED) is 0.355. The van der Waals surface area contributed by atoms with E-state index in [4.69, 9.17) is 21.1 Å². The number of hydrogen-bond acceptors (Lipinski definition) is 6. The molecule has 4 rings (SSSR count). The molecule has 2 aliphatic heterocycles. The third-order valence-corrected chi connectivity index (χ3v) is 7.52. The highest BCUT2D eigenvalue weighted by molar-refractivity contribution is 6.31. The Morgan fingerprint density at radius 1 is 1.10 bits per heavy atom. The summed E-state index contributed by atoms with van der Waals surface area (Å²) in [6, 6.07) is 5.50. The van der Waals surface area contributed by atoms with E-state index in [1.54, 1.807) is 32.9 Å². The molecule has 0 saturated carbocycles. The highest BCUT2D eigenvalue weighted by Gasteiger charge is 2.47. The minimum atomic E-state index is -4.94. The first-order valence-corrected chi connectivity index (χ1v) is 13.2. The number of nitrogens with one attached hydrogen (secondary N) is 1. The molecule has 1 saturated heterocycles. The number of carbonyl (C=O) groups is 3. The normalized spacial score (nSPS) is 19.5. The number of carbonyl (C=O) groups excluding carboxylic acids is 3. The fourth-order valence-electron chi connectivity index (χ4n) is 5.03. The number of hydrogen-bond donors (Lipinski definition) is 1. The van der Waals surface area contributed by atoms with Crippen LogP contribution < -0.4 is 5.32 Å². The molecule has 0 unspecified atom stereocenters. The number of amides is 2. The van der Waals surface area contributed by atoms with Gasteiger partial charge in [0.05, 0.1) is 25.8 Å². The summed E-state index contributed by atoms with van der Waals surface area (Å²) in [5.41, 5.74) is -0.765. The van der Waals surface area contributed by atoms with Crippen LogP contribution in [-0.4, -0.2) is 59.6 Å². The Balaban J connectivity index is 1.53. The molecule has 0 bridgehead atoms. The summed E-state index contributed by atoms with van der Waals surface area (Å²) in [5, 5.41) is 3.32. The predicted molar refractivity (Wildman–Crippen MR) is 141 cm³/mol. The third-order valence-electron chi connectivity index (χ3n) is 7.17. The Morgan fingerprint density at radius 2 is 1.80 bits per heavy atom. The van der Waals surface area contributed by atoms with Gasteiger partial charge in [-0.15, -0.1) is 0 Å². The lowest BCUT2D eigenvalue weighted by molar-refractivity contribution is -0.151. The number of benzene rings is 2. The van der Waals surface area contributed by atoms with Crippen LogP contribution in [-0.2, 0) is 38.3 Å². The van der Waals surface area contributed by atoms with Gasteiger partial charge in [0.25, 0.3) is 0 Å². The van der Waals surface area contributed by atoms with Crippen molar-refractivity contribution in [3.05, 3.63) is 63.9 Å². The van der Waals surface area contributed by atoms with E-state index in [0.29, 0.717) is 17.2 Å². The zero-order valence-electron chi connectivity index (χ0n) is 22.9. The smallest absolute Gasteiger partial charge is 0.419 e. The summed E-state index contributed by atoms with van der Waals surface area (Å²) in [5.74, 6) is -2.80. The number of alkyl halides is 3. The van der Waals surface area contributed by atoms with Gasteiger partial charge in [0, 0.05) is 23.7 Å². The van der Waals surface area contributed by atoms with Crippen LogP contribution in [0.2, 0.25) is 5.02 Å². The van der Waals surface area contributed by atoms with Crippen LogP contribution in [0.3, 0.4) is 0 Å². The lowest BCUT2D eigenvalue weighted by atomic mass is 9.85. The first-order chi connectivity index (χ1) is 19.1. The molecule has 3 atom stereocenters. The average Bonchev–Trinajstić information content (AvgIpc) is 3.51. The van der Waals surface area contributed by atoms with Gasteiger partial charge in [-0.05, 0) is 40.8 Å². The lowest BCUT2D eigenvalue weighted by Gasteiger charge is -2.35. The zero-order chi connectivity index (χ0) is 30.3. The predicted octanol–water partition coefficient (Wildman–Crippen LogP) is 5.62. The Labute approximate surface area is 239 Å². The molecule has 0 radical (unpaired) electrons. The molecule has 41 heavy (non-hydrogen) atoms. The van der Waals surface area contributed by atoms with Crippen molar-refractivity contribution in [3.8, 4) is 0 Å². The highest BCUT2D eigenvalue weighted by atomic mass is 35.5. The molecule has 2 aromatic rings. The van der Waals surface area contributed by atoms with E-state index in [-0.39, 0.29) is 31.7 Å². The molecule has 0 spiro atoms. The fourth-order valence-corrected chi connectivity index (χ4v) is 5.28. The number of esters is 1. The Morgan fingerprint density at radius 3 is 2.41 bits per heavy atom. The van der Waals surface area contributed by atoms with Crippen molar-refractivity contribution in [3.63, 3.8) is 0 Å². The third kappa shape index (κ3) is 6.52. The van der Waals surface area contributed by atoms with E-state index in [2.05, 4.69) is 5.32 Å². The SMILES string of the molecule is COC(=O)[C@@H]1C[C@@H](OC(=O)N2Cc3cccc(Cl)c3C2)CN1C(=O)[C@@H](Nc1ccc(F)c(C(F)(F)F)c1)C(C)(C)C. The van der Waals surface area contributed by atoms with Crippen LogP contribution in [0, 0.1) is 11.2 Å². The number of ether oxygens (including phenoxy) is 2. The molecule has 2 aliphatic rings. The molecule has 2 heterocycles. The van der Waals surface area contributed by atoms with Gasteiger partial charge in [-0.2, -0.15) is 13.2 Å². The maximum atomic E-state index is 13.9. The van der Waals surface area contributed by atoms with Crippen LogP contribution in [0.4, 0.5) is 28.0 Å². The van der Waals surface area contributed by atoms with Crippen molar-refractivity contribution in [2.45, 2.75) is 64.6 Å². The summed E-state index contributed by atoms with van der Waals surface area (Å²) < 4.78 is 64.3. The summed E-state index contributed by atoms with van der Waals surface area (Å²) in [6.45, 7) is 5.46. The number of nitrogens with zero attached hydrogens (tertiary/aromatic N) is 2. The average molecular weight is 600 g/mol. The van der Waals surface area contributed by atoms with E-state index in [0.717, 1.165) is 24.3 Å². The number of anilines is 1. The van der Waals surface area contributed by atoms with E-state index in [1.165, 1.54) is 9.80 Å². The summed E-state index contributed by atoms with van der Waals surface area (Å²) >= 11 is 6.24. The molecule has 8 nitrogen and oxygen atoms in total. The summed E-state index contributed by atoms with van der Waals surface area (Å²) in [6.07, 6.45) is -6.46. The number of methoxy groups -OCH3 is 1. The van der Waals surface area contributed by atoms with Crippen molar-refractivity contribution in [1.29, 1.82) is 0 Å². The second-order valence-corrected chi connectivity index (χ2v) is 11.5. The second kappa shape index (κ2) is 11.4. The molecule has 2 amide bonds. The number of halogens is 5. The minimum Gasteiger partial charge on any atom is -0.467 e. The maximum Gasteiger partial charge on any atom is 0.419 e. The van der Waals surface area contributed by atoms with Crippen LogP contribution in [0.1, 0.15) is 43.9 Å². The fraction of sp³-hybridized carbons (Fsp3) is 0.464. The molecule has 1 N–H and O–H groups in total. The Kier molecular flexibility index (Phi) is 8.45. The van der Waals surface area contributed by atoms with Crippen LogP contribution in [0.25, 0.3) is 0 Å². The molecular formula is C28H30ClF4N3O5. The monoisotopic (exact) mass is 599 g/mol. The van der Waals surface area contributed by atoms with Crippen molar-refractivity contribution >= 4 is 35.3 Å². The zero-order valence-corrected chi connectivity index (χ0v) is 23.6. The van der Waals surface area contributed by atoms with Gasteiger partial charge in [0.1, 0.15) is 24.0 Å². The number of likely N-dealkylation sites (tertiary alicyclic amines) is 1. The minimum absolute atomic E-state index is 0.0304. The van der Waals surface area contributed by atoms with Gasteiger partial charge < -0.3 is 19.7 Å². The molecule has 0 aliphatic carbocycles. The molecule has 13 heteroatoms. The largest absolute Gasteiger partial charge is 0.467 e. The molecule has 2 aromatic carbocycles. The summed E-state index contributed by atoms with van der Waals surface area (Å²) in [4.78, 5) is 42.1. The second-order valence-electron chi connectivity index (χ2n) is 11.1. The highest BCUT2D eigenvalue weighted by Crippen LogP contribution is 2.35. The molecule has 222 valence electrons. The lowest BCUT2D eigenvalue weighted by Crippen LogP contribution is -2.53. The van der Waals surface area contributed by atoms with Crippen molar-refractivity contribution in [2.24, 2.45) is 5.41 Å². The van der Waals surface area contributed by atoms with E-state index < -0.39 is 59.1 Å². The first kappa shape index (κ1) is 30.4. The maximum absolute atomic E-state index is 13.9. The van der Waals surface area contributed by atoms with Gasteiger partial charge in [0.15, 0.2) is 0 Å². The van der Waals surface area contributed by atoms with E-state index >= 15 is 0 Å². The molecule has 0 aromatic heterocycles. The van der Waals surface area contributed by atoms with Crippen molar-refractivity contribution < 1.29 is 41.4 Å². The molecule has 1 fully saturated rings. The standard InChI is InChI=1S/C28H30ClF4N3O5/c1-27(2,3)23(34-16-8-9-21(30)19(10-16)28(31,32)33)24(37)36-13-17(11-22(36)25(38)40-4)41-26(39)35-12-15-6-5-7-20(29)18(15)14-35/h5-10,17,22-23,34H,11-14H2,1-4H3/t17-,22+,23-/m1/s1. The Bertz CT molecular complexity index is 1350. The number of rotatable bonds is 5. The van der Waals surface area contributed by atoms with Gasteiger partial charge in [0.2, 0.25) is 5.91 Å². The van der Waals surface area contributed by atoms with Crippen LogP contribution >= 0.6 is 11.6 Å². The van der Waals surface area contributed by atoms with Gasteiger partial charge >= 0.3 is 18.2 Å². The van der Waals surface area contributed by atoms with Crippen LogP contribution in [0.5, 0.6) is 0 Å². The summed E-state index contributed by atoms with van der Waals surface area (Å²) in [7, 11) is 1.16. The molecular weight excluding hydrogens is 570 g/mol. The van der Waals surface area contributed by atoms with Crippen molar-refractivity contribution in [2.75, 3.05) is 19.0 Å². The topological polar surface area (TPSA) is 88.2 Å². The van der Waals surface area contributed by atoms with Gasteiger partial charge in [-0.3, -0.25) is 9.69 Å². The van der Waals surface area contributed by atoms with Gasteiger partial charge in [-0.25, -0.2) is 14.0 Å². The van der Waals surface area contributed by atoms with E-state index in [9.17, 15) is 31.9 Å². The number of fused-ring (bicyclic) bond motifs is 1. The Hall–Kier alpha value is -3.54. The van der Waals surface area contributed by atoms with Gasteiger partial charge in [-0.1, -0.05) is 44.5 Å².